The van der Waals surface area contributed by atoms with E-state index in [-0.39, 0.29) is 5.56 Å². The first-order valence-electron chi connectivity index (χ1n) is 12.6. The Kier molecular flexibility index (Phi) is 4.87. The van der Waals surface area contributed by atoms with Crippen molar-refractivity contribution in [2.45, 2.75) is 34.1 Å². The largest absolute Gasteiger partial charge is 0.456 e. The molecule has 0 atom stereocenters. The predicted octanol–water partition coefficient (Wildman–Crippen LogP) is 8.33. The number of aryl methyl sites for hydroxylation is 2. The number of hydrogen-bond acceptors (Lipinski definition) is 1. The van der Waals surface area contributed by atoms with Crippen LogP contribution in [0.3, 0.4) is 0 Å². The molecule has 2 heterocycles. The molecule has 0 aliphatic rings. The fraction of sp³-hybridized carbons (Fsp3) is 0.226. The van der Waals surface area contributed by atoms with Crippen LogP contribution >= 0.6 is 0 Å². The summed E-state index contributed by atoms with van der Waals surface area (Å²) in [5.41, 5.74) is 5.28. The van der Waals surface area contributed by atoms with Crippen molar-refractivity contribution in [3.8, 4) is 22.4 Å². The molecule has 0 aliphatic heterocycles. The van der Waals surface area contributed by atoms with Gasteiger partial charge in [-0.3, -0.25) is 0 Å². The summed E-state index contributed by atoms with van der Waals surface area (Å²) in [7, 11) is 1.75. The highest BCUT2D eigenvalue weighted by Gasteiger charge is 2.26. The van der Waals surface area contributed by atoms with E-state index < -0.39 is 17.6 Å². The van der Waals surface area contributed by atoms with Gasteiger partial charge < -0.3 is 4.42 Å². The van der Waals surface area contributed by atoms with Crippen LogP contribution in [0.1, 0.15) is 34.6 Å². The summed E-state index contributed by atoms with van der Waals surface area (Å²) in [4.78, 5) is 3.56. The van der Waals surface area contributed by atoms with E-state index in [1.54, 1.807) is 50.6 Å². The number of pyridine rings is 1. The Morgan fingerprint density at radius 1 is 1.09 bits per heavy atom. The van der Waals surface area contributed by atoms with Crippen molar-refractivity contribution in [2.75, 3.05) is 0 Å². The van der Waals surface area contributed by atoms with Gasteiger partial charge in [-0.1, -0.05) is 63.2 Å². The van der Waals surface area contributed by atoms with Crippen molar-refractivity contribution in [2.24, 2.45) is 12.5 Å². The summed E-state index contributed by atoms with van der Waals surface area (Å²) in [6, 6.07) is 19.2. The summed E-state index contributed by atoms with van der Waals surface area (Å²) < 4.78 is 40.8. The first-order chi connectivity index (χ1) is 17.4. The second-order valence-corrected chi connectivity index (χ2v) is 9.99. The predicted molar refractivity (Wildman–Crippen MR) is 140 cm³/mol. The van der Waals surface area contributed by atoms with Crippen molar-refractivity contribution >= 4 is 27.6 Å². The van der Waals surface area contributed by atoms with E-state index in [2.05, 4.69) is 10.9 Å². The SMILES string of the molecule is [2H]C([2H])(c1cc(-c2c(C)cc(-c3ccccc3)c3c2oc2cc([N+]#[C-])ccc23)[n+](C)cc1F)C(C)(C)C. The molecule has 5 aromatic rings. The molecule has 0 fully saturated rings. The summed E-state index contributed by atoms with van der Waals surface area (Å²) in [6.45, 7) is 14.7. The molecule has 3 nitrogen and oxygen atoms in total. The Labute approximate surface area is 208 Å². The van der Waals surface area contributed by atoms with Crippen LogP contribution in [0.5, 0.6) is 0 Å². The van der Waals surface area contributed by atoms with Crippen molar-refractivity contribution in [1.82, 2.24) is 0 Å². The highest BCUT2D eigenvalue weighted by molar-refractivity contribution is 6.17. The molecule has 0 amide bonds. The van der Waals surface area contributed by atoms with Gasteiger partial charge in [0, 0.05) is 25.1 Å². The monoisotopic (exact) mass is 465 g/mol. The molecule has 0 radical (unpaired) electrons. The number of benzene rings is 3. The quantitative estimate of drug-likeness (QED) is 0.194. The second-order valence-electron chi connectivity index (χ2n) is 9.99. The van der Waals surface area contributed by atoms with Crippen LogP contribution in [-0.2, 0) is 13.4 Å². The van der Waals surface area contributed by atoms with Crippen molar-refractivity contribution in [3.63, 3.8) is 0 Å². The Bertz CT molecular complexity index is 1720. The average Bonchev–Trinajstić information content (AvgIpc) is 3.22. The summed E-state index contributed by atoms with van der Waals surface area (Å²) >= 11 is 0. The zero-order valence-corrected chi connectivity index (χ0v) is 20.5. The maximum atomic E-state index is 15.2. The van der Waals surface area contributed by atoms with E-state index in [1.807, 2.05) is 43.3 Å². The van der Waals surface area contributed by atoms with Crippen LogP contribution in [0, 0.1) is 24.7 Å². The highest BCUT2D eigenvalue weighted by atomic mass is 19.1. The lowest BCUT2D eigenvalue weighted by Crippen LogP contribution is -2.32. The van der Waals surface area contributed by atoms with Gasteiger partial charge in [-0.2, -0.15) is 4.57 Å². The normalized spacial score (nSPS) is 13.1. The van der Waals surface area contributed by atoms with Crippen LogP contribution in [-0.4, -0.2) is 0 Å². The van der Waals surface area contributed by atoms with E-state index in [4.69, 9.17) is 13.7 Å². The topological polar surface area (TPSA) is 21.4 Å². The molecule has 0 saturated heterocycles. The Morgan fingerprint density at radius 2 is 1.83 bits per heavy atom. The summed E-state index contributed by atoms with van der Waals surface area (Å²) in [5.74, 6) is -0.590. The molecule has 0 spiro atoms. The molecule has 4 heteroatoms. The van der Waals surface area contributed by atoms with E-state index in [0.717, 1.165) is 33.0 Å². The molecule has 0 unspecified atom stereocenters. The molecular weight excluding hydrogens is 435 g/mol. The van der Waals surface area contributed by atoms with Crippen LogP contribution in [0.4, 0.5) is 10.1 Å². The van der Waals surface area contributed by atoms with E-state index in [1.165, 1.54) is 6.20 Å². The smallest absolute Gasteiger partial charge is 0.216 e. The molecule has 35 heavy (non-hydrogen) atoms. The van der Waals surface area contributed by atoms with E-state index >= 15 is 4.39 Å². The van der Waals surface area contributed by atoms with Gasteiger partial charge in [-0.15, -0.1) is 0 Å². The molecular formula is C31H28FN2O+. The number of fused-ring (bicyclic) bond motifs is 3. The third kappa shape index (κ3) is 4.08. The van der Waals surface area contributed by atoms with Gasteiger partial charge in [0.05, 0.1) is 12.1 Å². The standard InChI is InChI=1S/C31H28FN2O/c1-19-14-24(20-10-8-7-9-11-20)29-23-13-12-22(33-5)16-27(23)35-30(29)28(19)26-15-21(17-31(2,3)4)25(32)18-34(26)6/h7-16,18H,17H2,1-4,6H3/q+1/i17D2. The summed E-state index contributed by atoms with van der Waals surface area (Å²) in [6.07, 6.45) is -0.570. The van der Waals surface area contributed by atoms with Gasteiger partial charge in [0.15, 0.2) is 11.5 Å². The number of hydrogen-bond donors (Lipinski definition) is 0. The molecule has 0 N–H and O–H groups in total. The molecule has 0 saturated carbocycles. The minimum Gasteiger partial charge on any atom is -0.456 e. The van der Waals surface area contributed by atoms with Crippen molar-refractivity contribution in [3.05, 3.63) is 95.2 Å². The number of aromatic nitrogens is 1. The van der Waals surface area contributed by atoms with Crippen molar-refractivity contribution < 1.29 is 16.1 Å². The molecule has 174 valence electrons. The van der Waals surface area contributed by atoms with E-state index in [0.29, 0.717) is 22.5 Å². The van der Waals surface area contributed by atoms with Gasteiger partial charge >= 0.3 is 0 Å². The summed E-state index contributed by atoms with van der Waals surface area (Å²) in [5, 5.41) is 1.79. The molecule has 0 aliphatic carbocycles. The molecule has 0 bridgehead atoms. The van der Waals surface area contributed by atoms with E-state index in [9.17, 15) is 0 Å². The Balaban J connectivity index is 1.91. The zero-order chi connectivity index (χ0) is 26.7. The lowest BCUT2D eigenvalue weighted by molar-refractivity contribution is -0.662. The fourth-order valence-electron chi connectivity index (χ4n) is 4.67. The minimum absolute atomic E-state index is 0.0131. The third-order valence-corrected chi connectivity index (χ3v) is 6.13. The first-order valence-corrected chi connectivity index (χ1v) is 11.6. The molecule has 3 aromatic carbocycles. The number of rotatable bonds is 3. The Hall–Kier alpha value is -3.97. The van der Waals surface area contributed by atoms with Gasteiger partial charge in [0.25, 0.3) is 0 Å². The highest BCUT2D eigenvalue weighted by Crippen LogP contribution is 2.44. The lowest BCUT2D eigenvalue weighted by atomic mass is 9.87. The maximum Gasteiger partial charge on any atom is 0.216 e. The zero-order valence-electron chi connectivity index (χ0n) is 22.5. The second kappa shape index (κ2) is 8.36. The minimum atomic E-state index is -1.91. The first kappa shape index (κ1) is 20.4. The number of nitrogens with zero attached hydrogens (tertiary/aromatic N) is 2. The molecule has 2 aromatic heterocycles. The Morgan fingerprint density at radius 3 is 2.51 bits per heavy atom. The third-order valence-electron chi connectivity index (χ3n) is 6.13. The van der Waals surface area contributed by atoms with Crippen molar-refractivity contribution in [1.29, 1.82) is 0 Å². The number of furan rings is 1. The van der Waals surface area contributed by atoms with Gasteiger partial charge in [0.1, 0.15) is 18.2 Å². The van der Waals surface area contributed by atoms with Gasteiger partial charge in [-0.25, -0.2) is 9.24 Å². The van der Waals surface area contributed by atoms with Gasteiger partial charge in [0.2, 0.25) is 11.9 Å². The fourth-order valence-corrected chi connectivity index (χ4v) is 4.67. The van der Waals surface area contributed by atoms with Crippen LogP contribution < -0.4 is 4.57 Å². The number of halogens is 1. The lowest BCUT2D eigenvalue weighted by Gasteiger charge is -2.18. The maximum absolute atomic E-state index is 15.2. The van der Waals surface area contributed by atoms with Crippen LogP contribution in [0.25, 0.3) is 49.2 Å². The average molecular weight is 466 g/mol. The van der Waals surface area contributed by atoms with Gasteiger partial charge in [-0.05, 0) is 47.5 Å². The van der Waals surface area contributed by atoms with Crippen LogP contribution in [0.2, 0.25) is 0 Å². The van der Waals surface area contributed by atoms with Crippen LogP contribution in [0.15, 0.2) is 71.3 Å². The molecule has 5 rings (SSSR count).